The fraction of sp³-hybridized carbons (Fsp3) is 1.00. The molecular weight excluding hydrogens is 272 g/mol. The Kier molecular flexibility index (Phi) is 6.91. The van der Waals surface area contributed by atoms with Crippen LogP contribution in [0.4, 0.5) is 35.1 Å². The maximum atomic E-state index is 13.0. The molecule has 0 aromatic carbocycles. The smallest absolute Gasteiger partial charge is 0.168 e. The zero-order valence-electron chi connectivity index (χ0n) is 9.64. The van der Waals surface area contributed by atoms with Crippen LogP contribution in [0.5, 0.6) is 0 Å². The van der Waals surface area contributed by atoms with Crippen LogP contribution in [0.25, 0.3) is 0 Å². The van der Waals surface area contributed by atoms with Gasteiger partial charge in [-0.2, -0.15) is 0 Å². The Morgan fingerprint density at radius 1 is 0.389 bits per heavy atom. The van der Waals surface area contributed by atoms with E-state index >= 15 is 0 Å². The first kappa shape index (κ1) is 17.4. The molecule has 8 heteroatoms. The summed E-state index contributed by atoms with van der Waals surface area (Å²) in [5, 5.41) is 0. The van der Waals surface area contributed by atoms with Gasteiger partial charge in [0, 0.05) is 0 Å². The molecule has 8 unspecified atom stereocenters. The normalized spacial score (nSPS) is 25.7. The standard InChI is InChI=1S/C10H14F8/c1-3(11)5(13)7(15)9(17)10(18)8(16)6(14)4(2)12/h3-10H,1-2H3. The Morgan fingerprint density at radius 3 is 0.722 bits per heavy atom. The minimum absolute atomic E-state index is 0.561. The third-order valence-corrected chi connectivity index (χ3v) is 2.40. The summed E-state index contributed by atoms with van der Waals surface area (Å²) in [4.78, 5) is 0. The van der Waals surface area contributed by atoms with Gasteiger partial charge >= 0.3 is 0 Å². The number of halogens is 8. The van der Waals surface area contributed by atoms with E-state index < -0.39 is 49.4 Å². The van der Waals surface area contributed by atoms with E-state index in [0.29, 0.717) is 13.8 Å². The van der Waals surface area contributed by atoms with Gasteiger partial charge in [-0.1, -0.05) is 0 Å². The van der Waals surface area contributed by atoms with Crippen LogP contribution < -0.4 is 0 Å². The molecule has 0 aromatic heterocycles. The predicted octanol–water partition coefficient (Wildman–Crippen LogP) is 3.73. The Bertz CT molecular complexity index is 210. The Morgan fingerprint density at radius 2 is 0.556 bits per heavy atom. The summed E-state index contributed by atoms with van der Waals surface area (Å²) in [6, 6.07) is 0. The summed E-state index contributed by atoms with van der Waals surface area (Å²) in [5.41, 5.74) is 0. The zero-order valence-corrected chi connectivity index (χ0v) is 9.64. The first-order valence-electron chi connectivity index (χ1n) is 5.23. The Labute approximate surface area is 99.3 Å². The van der Waals surface area contributed by atoms with Crippen LogP contribution in [0, 0.1) is 0 Å². The van der Waals surface area contributed by atoms with Crippen molar-refractivity contribution in [1.29, 1.82) is 0 Å². The van der Waals surface area contributed by atoms with Crippen molar-refractivity contribution in [3.8, 4) is 0 Å². The maximum Gasteiger partial charge on any atom is 0.168 e. The molecule has 0 amide bonds. The largest absolute Gasteiger partial charge is 0.244 e. The molecule has 0 saturated heterocycles. The Balaban J connectivity index is 4.63. The van der Waals surface area contributed by atoms with Crippen LogP contribution in [0.3, 0.4) is 0 Å². The van der Waals surface area contributed by atoms with Crippen LogP contribution in [-0.2, 0) is 0 Å². The molecule has 0 saturated carbocycles. The van der Waals surface area contributed by atoms with E-state index in [1.807, 2.05) is 0 Å². The van der Waals surface area contributed by atoms with E-state index in [1.54, 1.807) is 0 Å². The van der Waals surface area contributed by atoms with E-state index in [9.17, 15) is 35.1 Å². The Hall–Kier alpha value is -0.560. The van der Waals surface area contributed by atoms with Gasteiger partial charge in [-0.25, -0.2) is 35.1 Å². The fourth-order valence-electron chi connectivity index (χ4n) is 1.21. The minimum atomic E-state index is -3.41. The van der Waals surface area contributed by atoms with Gasteiger partial charge < -0.3 is 0 Å². The summed E-state index contributed by atoms with van der Waals surface area (Å²) < 4.78 is 102. The van der Waals surface area contributed by atoms with Crippen LogP contribution in [0.1, 0.15) is 13.8 Å². The molecule has 0 aliphatic carbocycles. The van der Waals surface area contributed by atoms with Crippen LogP contribution in [0.2, 0.25) is 0 Å². The number of alkyl halides is 8. The van der Waals surface area contributed by atoms with Crippen molar-refractivity contribution < 1.29 is 35.1 Å². The highest BCUT2D eigenvalue weighted by atomic mass is 19.2. The molecule has 0 rings (SSSR count). The number of hydrogen-bond donors (Lipinski definition) is 0. The number of hydrogen-bond acceptors (Lipinski definition) is 0. The van der Waals surface area contributed by atoms with Crippen LogP contribution in [-0.4, -0.2) is 49.4 Å². The summed E-state index contributed by atoms with van der Waals surface area (Å²) in [5.74, 6) is 0. The van der Waals surface area contributed by atoms with Crippen LogP contribution >= 0.6 is 0 Å². The molecule has 0 N–H and O–H groups in total. The summed E-state index contributed by atoms with van der Waals surface area (Å²) in [6.07, 6.45) is -24.3. The molecule has 0 bridgehead atoms. The third-order valence-electron chi connectivity index (χ3n) is 2.40. The van der Waals surface area contributed by atoms with Gasteiger partial charge in [0.05, 0.1) is 0 Å². The lowest BCUT2D eigenvalue weighted by molar-refractivity contribution is -0.0425. The van der Waals surface area contributed by atoms with Gasteiger partial charge in [-0.3, -0.25) is 0 Å². The first-order valence-corrected chi connectivity index (χ1v) is 5.23. The van der Waals surface area contributed by atoms with Crippen LogP contribution in [0.15, 0.2) is 0 Å². The molecule has 0 radical (unpaired) electrons. The zero-order chi connectivity index (χ0) is 14.6. The van der Waals surface area contributed by atoms with Gasteiger partial charge in [-0.05, 0) is 13.8 Å². The van der Waals surface area contributed by atoms with Gasteiger partial charge in [0.15, 0.2) is 37.0 Å². The lowest BCUT2D eigenvalue weighted by Crippen LogP contribution is -2.46. The monoisotopic (exact) mass is 286 g/mol. The second-order valence-corrected chi connectivity index (χ2v) is 4.02. The molecule has 0 nitrogen and oxygen atoms in total. The van der Waals surface area contributed by atoms with E-state index in [2.05, 4.69) is 0 Å². The predicted molar refractivity (Wildman–Crippen MR) is 50.5 cm³/mol. The average Bonchev–Trinajstić information content (AvgIpc) is 2.32. The van der Waals surface area contributed by atoms with Crippen molar-refractivity contribution in [2.45, 2.75) is 63.2 Å². The summed E-state index contributed by atoms with van der Waals surface area (Å²) >= 11 is 0. The molecule has 0 spiro atoms. The molecule has 0 heterocycles. The maximum absolute atomic E-state index is 13.0. The molecule has 110 valence electrons. The van der Waals surface area contributed by atoms with Gasteiger partial charge in [0.1, 0.15) is 12.3 Å². The van der Waals surface area contributed by atoms with E-state index in [-0.39, 0.29) is 0 Å². The van der Waals surface area contributed by atoms with Crippen molar-refractivity contribution in [3.63, 3.8) is 0 Å². The van der Waals surface area contributed by atoms with E-state index in [1.165, 1.54) is 0 Å². The highest BCUT2D eigenvalue weighted by molar-refractivity contribution is 4.91. The highest BCUT2D eigenvalue weighted by Gasteiger charge is 2.45. The number of rotatable bonds is 7. The van der Waals surface area contributed by atoms with Crippen molar-refractivity contribution in [2.24, 2.45) is 0 Å². The molecule has 0 fully saturated rings. The summed E-state index contributed by atoms with van der Waals surface area (Å²) in [6.45, 7) is 1.12. The third kappa shape index (κ3) is 4.28. The molecule has 18 heavy (non-hydrogen) atoms. The lowest BCUT2D eigenvalue weighted by atomic mass is 9.99. The van der Waals surface area contributed by atoms with E-state index in [0.717, 1.165) is 0 Å². The molecule has 0 aliphatic heterocycles. The van der Waals surface area contributed by atoms with Crippen molar-refractivity contribution in [3.05, 3.63) is 0 Å². The average molecular weight is 286 g/mol. The highest BCUT2D eigenvalue weighted by Crippen LogP contribution is 2.27. The van der Waals surface area contributed by atoms with Gasteiger partial charge in [0.2, 0.25) is 0 Å². The summed E-state index contributed by atoms with van der Waals surface area (Å²) in [7, 11) is 0. The van der Waals surface area contributed by atoms with E-state index in [4.69, 9.17) is 0 Å². The minimum Gasteiger partial charge on any atom is -0.244 e. The molecular formula is C10H14F8. The lowest BCUT2D eigenvalue weighted by Gasteiger charge is -2.25. The first-order chi connectivity index (χ1) is 8.11. The van der Waals surface area contributed by atoms with Crippen molar-refractivity contribution >= 4 is 0 Å². The molecule has 0 aliphatic rings. The molecule has 8 atom stereocenters. The second kappa shape index (κ2) is 7.13. The van der Waals surface area contributed by atoms with Gasteiger partial charge in [-0.15, -0.1) is 0 Å². The van der Waals surface area contributed by atoms with Gasteiger partial charge in [0.25, 0.3) is 0 Å². The van der Waals surface area contributed by atoms with Crippen molar-refractivity contribution in [2.75, 3.05) is 0 Å². The topological polar surface area (TPSA) is 0 Å². The fourth-order valence-corrected chi connectivity index (χ4v) is 1.21. The molecule has 0 aromatic rings. The SMILES string of the molecule is CC(F)C(F)C(F)C(F)C(F)C(F)C(F)C(C)F. The van der Waals surface area contributed by atoms with Crippen molar-refractivity contribution in [1.82, 2.24) is 0 Å². The quantitative estimate of drug-likeness (QED) is 0.626. The second-order valence-electron chi connectivity index (χ2n) is 4.02.